The van der Waals surface area contributed by atoms with Crippen LogP contribution in [-0.2, 0) is 4.79 Å². The molecule has 2 rings (SSSR count). The third-order valence-electron chi connectivity index (χ3n) is 2.82. The van der Waals surface area contributed by atoms with Gasteiger partial charge in [0.05, 0.1) is 0 Å². The summed E-state index contributed by atoms with van der Waals surface area (Å²) >= 11 is 0. The fraction of sp³-hybridized carbons (Fsp3) is 0.357. The topological polar surface area (TPSA) is 55.1 Å². The average molecular weight is 230 g/mol. The summed E-state index contributed by atoms with van der Waals surface area (Å²) in [5.41, 5.74) is 8.27. The molecule has 1 aromatic rings. The maximum Gasteiger partial charge on any atom is 0.139 e. The minimum atomic E-state index is -0.0501. The lowest BCUT2D eigenvalue weighted by atomic mass is 9.81. The largest absolute Gasteiger partial charge is 0.399 e. The van der Waals surface area contributed by atoms with Crippen molar-refractivity contribution in [2.75, 3.05) is 11.1 Å². The first-order valence-electron chi connectivity index (χ1n) is 5.81. The Hall–Kier alpha value is -1.77. The van der Waals surface area contributed by atoms with Crippen LogP contribution >= 0.6 is 0 Å². The van der Waals surface area contributed by atoms with Gasteiger partial charge < -0.3 is 11.1 Å². The lowest BCUT2D eigenvalue weighted by Crippen LogP contribution is -2.23. The highest BCUT2D eigenvalue weighted by Gasteiger charge is 2.25. The quantitative estimate of drug-likeness (QED) is 0.768. The van der Waals surface area contributed by atoms with Crippen molar-refractivity contribution < 1.29 is 4.79 Å². The summed E-state index contributed by atoms with van der Waals surface area (Å²) < 4.78 is 0. The van der Waals surface area contributed by atoms with Gasteiger partial charge in [-0.15, -0.1) is 0 Å². The summed E-state index contributed by atoms with van der Waals surface area (Å²) in [6, 6.07) is 7.53. The van der Waals surface area contributed by atoms with Gasteiger partial charge in [0, 0.05) is 29.9 Å². The van der Waals surface area contributed by atoms with Gasteiger partial charge in [0.2, 0.25) is 0 Å². The zero-order chi connectivity index (χ0) is 12.5. The van der Waals surface area contributed by atoms with Crippen LogP contribution in [-0.4, -0.2) is 5.78 Å². The third-order valence-corrected chi connectivity index (χ3v) is 2.82. The van der Waals surface area contributed by atoms with Gasteiger partial charge in [-0.3, -0.25) is 4.79 Å². The van der Waals surface area contributed by atoms with Gasteiger partial charge in [0.1, 0.15) is 5.78 Å². The van der Waals surface area contributed by atoms with E-state index in [2.05, 4.69) is 25.2 Å². The van der Waals surface area contributed by atoms with Crippen molar-refractivity contribution in [1.82, 2.24) is 0 Å². The fourth-order valence-corrected chi connectivity index (χ4v) is 2.19. The molecule has 0 saturated carbocycles. The highest BCUT2D eigenvalue weighted by molar-refractivity contribution is 5.84. The van der Waals surface area contributed by atoms with Gasteiger partial charge in [0.15, 0.2) is 0 Å². The summed E-state index contributed by atoms with van der Waals surface area (Å²) in [7, 11) is 0. The minimum Gasteiger partial charge on any atom is -0.399 e. The number of Topliss-reactive ketones (excluding diaryl/α,β-unsaturated/α-hetero) is 1. The van der Waals surface area contributed by atoms with Crippen LogP contribution in [0.25, 0.3) is 0 Å². The highest BCUT2D eigenvalue weighted by Crippen LogP contribution is 2.31. The van der Waals surface area contributed by atoms with E-state index in [4.69, 9.17) is 5.73 Å². The number of hydrogen-bond donors (Lipinski definition) is 2. The maximum absolute atomic E-state index is 11.6. The molecule has 3 nitrogen and oxygen atoms in total. The van der Waals surface area contributed by atoms with Crippen molar-refractivity contribution in [2.45, 2.75) is 26.7 Å². The van der Waals surface area contributed by atoms with E-state index in [1.165, 1.54) is 0 Å². The Morgan fingerprint density at radius 3 is 2.47 bits per heavy atom. The Bertz CT molecular complexity index is 458. The van der Waals surface area contributed by atoms with Crippen molar-refractivity contribution in [3.05, 3.63) is 36.0 Å². The number of carbonyl (C=O) groups excluding carboxylic acids is 1. The van der Waals surface area contributed by atoms with Gasteiger partial charge in [-0.1, -0.05) is 19.9 Å². The van der Waals surface area contributed by atoms with Gasteiger partial charge in [-0.2, -0.15) is 0 Å². The lowest BCUT2D eigenvalue weighted by molar-refractivity contribution is -0.120. The first-order chi connectivity index (χ1) is 7.94. The summed E-state index contributed by atoms with van der Waals surface area (Å²) in [5, 5.41) is 3.28. The van der Waals surface area contributed by atoms with Gasteiger partial charge in [0.25, 0.3) is 0 Å². The number of rotatable bonds is 2. The lowest BCUT2D eigenvalue weighted by Gasteiger charge is -2.27. The molecule has 0 bridgehead atoms. The molecular weight excluding hydrogens is 212 g/mol. The molecule has 0 heterocycles. The fourth-order valence-electron chi connectivity index (χ4n) is 2.19. The van der Waals surface area contributed by atoms with Crippen molar-refractivity contribution >= 4 is 17.2 Å². The molecule has 0 atom stereocenters. The SMILES string of the molecule is CC1(C)C=C(Nc2ccc(N)cc2)CC(=O)C1. The zero-order valence-corrected chi connectivity index (χ0v) is 10.3. The van der Waals surface area contributed by atoms with Gasteiger partial charge >= 0.3 is 0 Å². The molecule has 1 aliphatic rings. The highest BCUT2D eigenvalue weighted by atomic mass is 16.1. The maximum atomic E-state index is 11.6. The molecular formula is C14H18N2O. The van der Waals surface area contributed by atoms with E-state index in [1.807, 2.05) is 24.3 Å². The van der Waals surface area contributed by atoms with Crippen LogP contribution in [0.5, 0.6) is 0 Å². The Morgan fingerprint density at radius 1 is 1.24 bits per heavy atom. The Labute approximate surface area is 102 Å². The Balaban J connectivity index is 2.16. The number of nitrogens with two attached hydrogens (primary N) is 1. The third kappa shape index (κ3) is 3.09. The van der Waals surface area contributed by atoms with Gasteiger partial charge in [-0.25, -0.2) is 0 Å². The van der Waals surface area contributed by atoms with E-state index in [0.717, 1.165) is 17.1 Å². The van der Waals surface area contributed by atoms with E-state index >= 15 is 0 Å². The summed E-state index contributed by atoms with van der Waals surface area (Å²) in [4.78, 5) is 11.6. The number of benzene rings is 1. The van der Waals surface area contributed by atoms with Crippen LogP contribution in [0, 0.1) is 5.41 Å². The molecule has 1 aromatic carbocycles. The number of allylic oxidation sites excluding steroid dienone is 2. The van der Waals surface area contributed by atoms with Crippen LogP contribution in [0.4, 0.5) is 11.4 Å². The molecule has 0 aromatic heterocycles. The second-order valence-corrected chi connectivity index (χ2v) is 5.30. The molecule has 0 fully saturated rings. The Morgan fingerprint density at radius 2 is 1.88 bits per heavy atom. The number of carbonyl (C=O) groups is 1. The minimum absolute atomic E-state index is 0.0501. The number of ketones is 1. The monoisotopic (exact) mass is 230 g/mol. The second kappa shape index (κ2) is 4.24. The molecule has 3 N–H and O–H groups in total. The summed E-state index contributed by atoms with van der Waals surface area (Å²) in [6.45, 7) is 4.16. The van der Waals surface area contributed by atoms with Crippen molar-refractivity contribution in [3.63, 3.8) is 0 Å². The van der Waals surface area contributed by atoms with Crippen LogP contribution in [0.1, 0.15) is 26.7 Å². The number of nitrogen functional groups attached to an aromatic ring is 1. The standard InChI is InChI=1S/C14H18N2O/c1-14(2)8-12(7-13(17)9-14)16-11-5-3-10(15)4-6-11/h3-6,8,16H,7,9,15H2,1-2H3. The van der Waals surface area contributed by atoms with E-state index < -0.39 is 0 Å². The summed E-state index contributed by atoms with van der Waals surface area (Å²) in [6.07, 6.45) is 3.26. The molecule has 17 heavy (non-hydrogen) atoms. The average Bonchev–Trinajstić information content (AvgIpc) is 2.18. The van der Waals surface area contributed by atoms with E-state index in [-0.39, 0.29) is 11.2 Å². The number of nitrogens with one attached hydrogen (secondary N) is 1. The summed E-state index contributed by atoms with van der Waals surface area (Å²) in [5.74, 6) is 0.287. The predicted molar refractivity (Wildman–Crippen MR) is 70.6 cm³/mol. The molecule has 0 radical (unpaired) electrons. The molecule has 3 heteroatoms. The van der Waals surface area contributed by atoms with Crippen molar-refractivity contribution in [2.24, 2.45) is 5.41 Å². The first-order valence-corrected chi connectivity index (χ1v) is 5.81. The number of anilines is 2. The van der Waals surface area contributed by atoms with Crippen LogP contribution < -0.4 is 11.1 Å². The smallest absolute Gasteiger partial charge is 0.139 e. The molecule has 0 amide bonds. The second-order valence-electron chi connectivity index (χ2n) is 5.30. The molecule has 0 spiro atoms. The van der Waals surface area contributed by atoms with Crippen LogP contribution in [0.3, 0.4) is 0 Å². The van der Waals surface area contributed by atoms with Crippen molar-refractivity contribution in [1.29, 1.82) is 0 Å². The van der Waals surface area contributed by atoms with Crippen LogP contribution in [0.2, 0.25) is 0 Å². The molecule has 0 unspecified atom stereocenters. The molecule has 0 aliphatic heterocycles. The molecule has 90 valence electrons. The predicted octanol–water partition coefficient (Wildman–Crippen LogP) is 2.95. The van der Waals surface area contributed by atoms with Crippen molar-refractivity contribution in [3.8, 4) is 0 Å². The first kappa shape index (κ1) is 11.7. The van der Waals surface area contributed by atoms with Crippen LogP contribution in [0.15, 0.2) is 36.0 Å². The van der Waals surface area contributed by atoms with E-state index in [9.17, 15) is 4.79 Å². The molecule has 0 saturated heterocycles. The van der Waals surface area contributed by atoms with Gasteiger partial charge in [-0.05, 0) is 29.7 Å². The van der Waals surface area contributed by atoms with E-state index in [1.54, 1.807) is 0 Å². The Kier molecular flexibility index (Phi) is 2.92. The number of hydrogen-bond acceptors (Lipinski definition) is 3. The van der Waals surface area contributed by atoms with E-state index in [0.29, 0.717) is 12.8 Å². The molecule has 1 aliphatic carbocycles. The normalized spacial score (nSPS) is 18.7. The zero-order valence-electron chi connectivity index (χ0n) is 10.3.